The maximum atomic E-state index is 5.82. The number of hydrogen-bond donors (Lipinski definition) is 1. The van der Waals surface area contributed by atoms with Crippen LogP contribution in [0.3, 0.4) is 0 Å². The highest BCUT2D eigenvalue weighted by atomic mass is 35.5. The van der Waals surface area contributed by atoms with Crippen LogP contribution in [0.15, 0.2) is 34.9 Å². The highest BCUT2D eigenvalue weighted by Gasteiger charge is 2.05. The van der Waals surface area contributed by atoms with Crippen LogP contribution < -0.4 is 5.32 Å². The summed E-state index contributed by atoms with van der Waals surface area (Å²) in [6.45, 7) is 3.60. The van der Waals surface area contributed by atoms with E-state index in [0.717, 1.165) is 22.9 Å². The van der Waals surface area contributed by atoms with Gasteiger partial charge < -0.3 is 9.73 Å². The summed E-state index contributed by atoms with van der Waals surface area (Å²) in [5.74, 6) is 1.47. The molecule has 1 aromatic carbocycles. The van der Waals surface area contributed by atoms with Crippen LogP contribution in [0, 0.1) is 0 Å². The molecule has 1 N–H and O–H groups in total. The molecule has 0 amide bonds. The van der Waals surface area contributed by atoms with Gasteiger partial charge in [0, 0.05) is 10.6 Å². The molecule has 92 valence electrons. The Hall–Kier alpha value is -1.03. The Morgan fingerprint density at radius 1 is 1.29 bits per heavy atom. The van der Waals surface area contributed by atoms with E-state index in [1.807, 2.05) is 31.2 Å². The zero-order valence-electron chi connectivity index (χ0n) is 9.44. The van der Waals surface area contributed by atoms with E-state index in [1.54, 1.807) is 6.20 Å². The first-order valence-electron chi connectivity index (χ1n) is 5.21. The molecular formula is C12H14Cl2N2O. The van der Waals surface area contributed by atoms with E-state index in [2.05, 4.69) is 10.3 Å². The normalized spacial score (nSPS) is 10.0. The van der Waals surface area contributed by atoms with Crippen molar-refractivity contribution in [2.24, 2.45) is 0 Å². The first kappa shape index (κ1) is 14.0. The van der Waals surface area contributed by atoms with E-state index in [1.165, 1.54) is 0 Å². The van der Waals surface area contributed by atoms with E-state index in [-0.39, 0.29) is 12.4 Å². The van der Waals surface area contributed by atoms with Gasteiger partial charge in [-0.05, 0) is 30.8 Å². The number of hydrogen-bond acceptors (Lipinski definition) is 3. The standard InChI is InChI=1S/C12H13ClN2O.ClH/c1-2-14-8-12-15-7-11(16-12)9-3-5-10(13)6-4-9;/h3-7,14H,2,8H2,1H3;1H. The van der Waals surface area contributed by atoms with E-state index in [4.69, 9.17) is 16.0 Å². The molecule has 3 nitrogen and oxygen atoms in total. The molecule has 0 unspecified atom stereocenters. The Balaban J connectivity index is 0.00000144. The molecule has 0 aliphatic carbocycles. The number of nitrogens with zero attached hydrogens (tertiary/aromatic N) is 1. The second-order valence-corrected chi connectivity index (χ2v) is 3.84. The minimum Gasteiger partial charge on any atom is -0.439 e. The lowest BCUT2D eigenvalue weighted by Crippen LogP contribution is -2.11. The predicted molar refractivity (Wildman–Crippen MR) is 71.6 cm³/mol. The molecular weight excluding hydrogens is 259 g/mol. The number of oxazole rings is 1. The maximum absolute atomic E-state index is 5.82. The molecule has 0 atom stereocenters. The zero-order chi connectivity index (χ0) is 11.4. The van der Waals surface area contributed by atoms with Gasteiger partial charge in [0.15, 0.2) is 5.76 Å². The highest BCUT2D eigenvalue weighted by molar-refractivity contribution is 6.30. The topological polar surface area (TPSA) is 38.1 Å². The summed E-state index contributed by atoms with van der Waals surface area (Å²) in [6.07, 6.45) is 1.73. The first-order chi connectivity index (χ1) is 7.79. The molecule has 5 heteroatoms. The van der Waals surface area contributed by atoms with E-state index < -0.39 is 0 Å². The smallest absolute Gasteiger partial charge is 0.208 e. The van der Waals surface area contributed by atoms with Crippen LogP contribution in [0.1, 0.15) is 12.8 Å². The minimum atomic E-state index is 0. The summed E-state index contributed by atoms with van der Waals surface area (Å²) in [6, 6.07) is 7.51. The van der Waals surface area contributed by atoms with E-state index >= 15 is 0 Å². The van der Waals surface area contributed by atoms with Gasteiger partial charge in [-0.25, -0.2) is 4.98 Å². The van der Waals surface area contributed by atoms with Crippen LogP contribution in [0.5, 0.6) is 0 Å². The van der Waals surface area contributed by atoms with Crippen molar-refractivity contribution in [3.63, 3.8) is 0 Å². The maximum Gasteiger partial charge on any atom is 0.208 e. The molecule has 0 aliphatic heterocycles. The molecule has 0 bridgehead atoms. The van der Waals surface area contributed by atoms with E-state index in [9.17, 15) is 0 Å². The van der Waals surface area contributed by atoms with Gasteiger partial charge in [0.1, 0.15) is 0 Å². The monoisotopic (exact) mass is 272 g/mol. The van der Waals surface area contributed by atoms with Gasteiger partial charge in [-0.1, -0.05) is 18.5 Å². The van der Waals surface area contributed by atoms with Gasteiger partial charge in [0.25, 0.3) is 0 Å². The third-order valence-corrected chi connectivity index (χ3v) is 2.46. The fraction of sp³-hybridized carbons (Fsp3) is 0.250. The second kappa shape index (κ2) is 6.64. The van der Waals surface area contributed by atoms with Gasteiger partial charge in [-0.2, -0.15) is 0 Å². The fourth-order valence-corrected chi connectivity index (χ4v) is 1.50. The van der Waals surface area contributed by atoms with Crippen LogP contribution in [0.25, 0.3) is 11.3 Å². The van der Waals surface area contributed by atoms with Crippen molar-refractivity contribution >= 4 is 24.0 Å². The van der Waals surface area contributed by atoms with E-state index in [0.29, 0.717) is 12.4 Å². The lowest BCUT2D eigenvalue weighted by Gasteiger charge is -1.97. The fourth-order valence-electron chi connectivity index (χ4n) is 1.37. The highest BCUT2D eigenvalue weighted by Crippen LogP contribution is 2.22. The van der Waals surface area contributed by atoms with Crippen LogP contribution in [0.2, 0.25) is 5.02 Å². The summed E-state index contributed by atoms with van der Waals surface area (Å²) < 4.78 is 5.59. The molecule has 17 heavy (non-hydrogen) atoms. The van der Waals surface area contributed by atoms with Crippen molar-refractivity contribution in [3.8, 4) is 11.3 Å². The lowest BCUT2D eigenvalue weighted by atomic mass is 10.2. The Kier molecular flexibility index (Phi) is 5.48. The predicted octanol–water partition coefficient (Wildman–Crippen LogP) is 3.53. The second-order valence-electron chi connectivity index (χ2n) is 3.41. The Bertz CT molecular complexity index is 454. The molecule has 0 fully saturated rings. The lowest BCUT2D eigenvalue weighted by molar-refractivity contribution is 0.482. The largest absolute Gasteiger partial charge is 0.439 e. The van der Waals surface area contributed by atoms with Gasteiger partial charge in [-0.15, -0.1) is 12.4 Å². The summed E-state index contributed by atoms with van der Waals surface area (Å²) in [5, 5.41) is 3.88. The number of nitrogens with one attached hydrogen (secondary N) is 1. The molecule has 1 heterocycles. The van der Waals surface area contributed by atoms with Crippen molar-refractivity contribution in [3.05, 3.63) is 41.4 Å². The first-order valence-corrected chi connectivity index (χ1v) is 5.58. The molecule has 1 aromatic heterocycles. The minimum absolute atomic E-state index is 0. The average molecular weight is 273 g/mol. The quantitative estimate of drug-likeness (QED) is 0.926. The Morgan fingerprint density at radius 3 is 2.65 bits per heavy atom. The molecule has 0 radical (unpaired) electrons. The number of aromatic nitrogens is 1. The molecule has 2 aromatic rings. The van der Waals surface area contributed by atoms with Crippen molar-refractivity contribution in [2.45, 2.75) is 13.5 Å². The summed E-state index contributed by atoms with van der Waals surface area (Å²) in [5.41, 5.74) is 0.986. The van der Waals surface area contributed by atoms with Gasteiger partial charge in [0.05, 0.1) is 12.7 Å². The Morgan fingerprint density at radius 2 is 2.00 bits per heavy atom. The molecule has 0 aliphatic rings. The van der Waals surface area contributed by atoms with Crippen molar-refractivity contribution in [1.82, 2.24) is 10.3 Å². The van der Waals surface area contributed by atoms with Crippen LogP contribution in [0.4, 0.5) is 0 Å². The summed E-state index contributed by atoms with van der Waals surface area (Å²) in [7, 11) is 0. The SMILES string of the molecule is CCNCc1ncc(-c2ccc(Cl)cc2)o1.Cl. The van der Waals surface area contributed by atoms with Gasteiger partial charge in [-0.3, -0.25) is 0 Å². The molecule has 0 spiro atoms. The average Bonchev–Trinajstić information content (AvgIpc) is 2.76. The summed E-state index contributed by atoms with van der Waals surface area (Å²) >= 11 is 5.82. The number of halogens is 2. The van der Waals surface area contributed by atoms with Gasteiger partial charge >= 0.3 is 0 Å². The van der Waals surface area contributed by atoms with Crippen molar-refractivity contribution < 1.29 is 4.42 Å². The van der Waals surface area contributed by atoms with Crippen LogP contribution >= 0.6 is 24.0 Å². The van der Waals surface area contributed by atoms with Crippen molar-refractivity contribution in [2.75, 3.05) is 6.54 Å². The Labute approximate surface area is 112 Å². The summed E-state index contributed by atoms with van der Waals surface area (Å²) in [4.78, 5) is 4.19. The molecule has 2 rings (SSSR count). The van der Waals surface area contributed by atoms with Gasteiger partial charge in [0.2, 0.25) is 5.89 Å². The molecule has 0 saturated heterocycles. The molecule has 0 saturated carbocycles. The third kappa shape index (κ3) is 3.73. The van der Waals surface area contributed by atoms with Crippen molar-refractivity contribution in [1.29, 1.82) is 0 Å². The number of benzene rings is 1. The third-order valence-electron chi connectivity index (χ3n) is 2.21. The zero-order valence-corrected chi connectivity index (χ0v) is 11.0. The number of rotatable bonds is 4. The van der Waals surface area contributed by atoms with Crippen LogP contribution in [-0.2, 0) is 6.54 Å². The van der Waals surface area contributed by atoms with Crippen LogP contribution in [-0.4, -0.2) is 11.5 Å².